The molecule has 1 amide bonds. The van der Waals surface area contributed by atoms with Crippen LogP contribution in [0.5, 0.6) is 0 Å². The molecule has 4 N–H and O–H groups in total. The van der Waals surface area contributed by atoms with Crippen molar-refractivity contribution in [2.45, 2.75) is 65.0 Å². The number of nitrogens with one attached hydrogen (secondary N) is 1. The monoisotopic (exact) mass is 306 g/mol. The number of aliphatic hydroxyl groups excluding tert-OH is 1. The Labute approximate surface area is 131 Å². The summed E-state index contributed by atoms with van der Waals surface area (Å²) in [5, 5.41) is 13.0. The second-order valence-corrected chi connectivity index (χ2v) is 7.32. The van der Waals surface area contributed by atoms with Crippen LogP contribution in [0, 0.1) is 5.41 Å². The number of aromatic nitrogens is 2. The summed E-state index contributed by atoms with van der Waals surface area (Å²) in [5.74, 6) is 0.00207. The number of nitrogens with two attached hydrogens (primary N) is 1. The van der Waals surface area contributed by atoms with E-state index in [9.17, 15) is 9.90 Å². The number of nitrogens with zero attached hydrogens (tertiary/aromatic N) is 2. The van der Waals surface area contributed by atoms with Gasteiger partial charge in [-0.2, -0.15) is 0 Å². The number of primary amides is 1. The minimum absolute atomic E-state index is 0.00312. The van der Waals surface area contributed by atoms with Gasteiger partial charge in [-0.3, -0.25) is 4.79 Å². The standard InChI is InChI=1S/C16H26N4O2/c1-16(2,3)8-13-12(14(17)22)9-18-15(20-13)19-10-5-4-6-11(21)7-10/h9-11,21H,4-8H2,1-3H3,(H2,17,22)(H,18,19,20)/t10-,11+/m1/s1. The number of hydrogen-bond acceptors (Lipinski definition) is 5. The number of aliphatic hydroxyl groups is 1. The Hall–Kier alpha value is -1.69. The van der Waals surface area contributed by atoms with Crippen molar-refractivity contribution in [2.75, 3.05) is 5.32 Å². The summed E-state index contributed by atoms with van der Waals surface area (Å²) in [5.41, 5.74) is 6.46. The molecule has 2 rings (SSSR count). The zero-order valence-corrected chi connectivity index (χ0v) is 13.6. The Balaban J connectivity index is 2.18. The van der Waals surface area contributed by atoms with Gasteiger partial charge in [0.25, 0.3) is 5.91 Å². The summed E-state index contributed by atoms with van der Waals surface area (Å²) < 4.78 is 0. The lowest BCUT2D eigenvalue weighted by atomic mass is 9.89. The molecule has 0 aliphatic heterocycles. The van der Waals surface area contributed by atoms with E-state index in [1.54, 1.807) is 0 Å². The fourth-order valence-electron chi connectivity index (χ4n) is 2.81. The first-order valence-corrected chi connectivity index (χ1v) is 7.85. The average molecular weight is 306 g/mol. The number of amides is 1. The molecule has 1 heterocycles. The molecule has 0 aromatic carbocycles. The normalized spacial score (nSPS) is 22.4. The van der Waals surface area contributed by atoms with Crippen molar-refractivity contribution in [2.24, 2.45) is 11.1 Å². The summed E-state index contributed by atoms with van der Waals surface area (Å²) >= 11 is 0. The lowest BCUT2D eigenvalue weighted by molar-refractivity contribution is 0.0998. The van der Waals surface area contributed by atoms with Crippen molar-refractivity contribution in [1.29, 1.82) is 0 Å². The first-order chi connectivity index (χ1) is 10.2. The van der Waals surface area contributed by atoms with Gasteiger partial charge in [-0.15, -0.1) is 0 Å². The Morgan fingerprint density at radius 1 is 1.45 bits per heavy atom. The summed E-state index contributed by atoms with van der Waals surface area (Å²) in [6, 6.07) is 0.172. The van der Waals surface area contributed by atoms with Crippen molar-refractivity contribution in [3.05, 3.63) is 17.5 Å². The van der Waals surface area contributed by atoms with Gasteiger partial charge in [0.2, 0.25) is 5.95 Å². The molecular weight excluding hydrogens is 280 g/mol. The van der Waals surface area contributed by atoms with Gasteiger partial charge < -0.3 is 16.2 Å². The van der Waals surface area contributed by atoms with Crippen LogP contribution in [0.2, 0.25) is 0 Å². The van der Waals surface area contributed by atoms with Crippen LogP contribution in [0.1, 0.15) is 62.5 Å². The Morgan fingerprint density at radius 3 is 2.77 bits per heavy atom. The van der Waals surface area contributed by atoms with Gasteiger partial charge in [-0.05, 0) is 37.5 Å². The third-order valence-electron chi connectivity index (χ3n) is 3.81. The Bertz CT molecular complexity index is 539. The third kappa shape index (κ3) is 4.66. The number of anilines is 1. The van der Waals surface area contributed by atoms with Crippen LogP contribution in [-0.4, -0.2) is 33.1 Å². The number of carbonyl (C=O) groups excluding carboxylic acids is 1. The van der Waals surface area contributed by atoms with Gasteiger partial charge in [0.1, 0.15) is 0 Å². The molecule has 6 nitrogen and oxygen atoms in total. The molecule has 1 aliphatic rings. The van der Waals surface area contributed by atoms with Crippen LogP contribution in [0.4, 0.5) is 5.95 Å². The lowest BCUT2D eigenvalue weighted by Gasteiger charge is -2.27. The third-order valence-corrected chi connectivity index (χ3v) is 3.81. The van der Waals surface area contributed by atoms with E-state index in [-0.39, 0.29) is 17.6 Å². The molecule has 1 fully saturated rings. The van der Waals surface area contributed by atoms with E-state index in [0.29, 0.717) is 30.0 Å². The summed E-state index contributed by atoms with van der Waals surface area (Å²) in [6.45, 7) is 6.26. The smallest absolute Gasteiger partial charge is 0.252 e. The maximum absolute atomic E-state index is 11.5. The van der Waals surface area contributed by atoms with Gasteiger partial charge in [-0.1, -0.05) is 20.8 Å². The average Bonchev–Trinajstić information content (AvgIpc) is 2.36. The quantitative estimate of drug-likeness (QED) is 0.788. The predicted octanol–water partition coefficient (Wildman–Crippen LogP) is 1.88. The van der Waals surface area contributed by atoms with Gasteiger partial charge in [0.05, 0.1) is 17.4 Å². The molecular formula is C16H26N4O2. The highest BCUT2D eigenvalue weighted by Crippen LogP contribution is 2.24. The van der Waals surface area contributed by atoms with E-state index < -0.39 is 5.91 Å². The Kier molecular flexibility index (Phi) is 5.01. The fourth-order valence-corrected chi connectivity index (χ4v) is 2.81. The molecule has 1 saturated carbocycles. The van der Waals surface area contributed by atoms with Crippen LogP contribution < -0.4 is 11.1 Å². The first kappa shape index (κ1) is 16.7. The van der Waals surface area contributed by atoms with Crippen molar-refractivity contribution in [3.63, 3.8) is 0 Å². The van der Waals surface area contributed by atoms with E-state index in [1.807, 2.05) is 0 Å². The van der Waals surface area contributed by atoms with Crippen molar-refractivity contribution in [1.82, 2.24) is 9.97 Å². The zero-order chi connectivity index (χ0) is 16.3. The molecule has 1 aromatic rings. The molecule has 0 unspecified atom stereocenters. The number of carbonyl (C=O) groups is 1. The molecule has 2 atom stereocenters. The predicted molar refractivity (Wildman–Crippen MR) is 85.6 cm³/mol. The van der Waals surface area contributed by atoms with Gasteiger partial charge >= 0.3 is 0 Å². The van der Waals surface area contributed by atoms with Crippen molar-refractivity contribution in [3.8, 4) is 0 Å². The SMILES string of the molecule is CC(C)(C)Cc1nc(N[C@@H]2CCC[C@H](O)C2)ncc1C(N)=O. The van der Waals surface area contributed by atoms with Gasteiger partial charge in [0, 0.05) is 12.2 Å². The lowest BCUT2D eigenvalue weighted by Crippen LogP contribution is -2.31. The molecule has 0 bridgehead atoms. The zero-order valence-electron chi connectivity index (χ0n) is 13.6. The van der Waals surface area contributed by atoms with Crippen molar-refractivity contribution >= 4 is 11.9 Å². The highest BCUT2D eigenvalue weighted by atomic mass is 16.3. The highest BCUT2D eigenvalue weighted by Gasteiger charge is 2.22. The van der Waals surface area contributed by atoms with Gasteiger partial charge in [0.15, 0.2) is 0 Å². The summed E-state index contributed by atoms with van der Waals surface area (Å²) in [7, 11) is 0. The van der Waals surface area contributed by atoms with Gasteiger partial charge in [-0.25, -0.2) is 9.97 Å². The second kappa shape index (κ2) is 6.60. The second-order valence-electron chi connectivity index (χ2n) is 7.32. The molecule has 0 spiro atoms. The van der Waals surface area contributed by atoms with E-state index >= 15 is 0 Å². The first-order valence-electron chi connectivity index (χ1n) is 7.85. The van der Waals surface area contributed by atoms with E-state index in [4.69, 9.17) is 5.73 Å². The van der Waals surface area contributed by atoms with Crippen LogP contribution in [0.3, 0.4) is 0 Å². The molecule has 6 heteroatoms. The van der Waals surface area contributed by atoms with E-state index in [0.717, 1.165) is 19.3 Å². The topological polar surface area (TPSA) is 101 Å². The highest BCUT2D eigenvalue weighted by molar-refractivity contribution is 5.93. The maximum Gasteiger partial charge on any atom is 0.252 e. The van der Waals surface area contributed by atoms with Crippen LogP contribution >= 0.6 is 0 Å². The van der Waals surface area contributed by atoms with E-state index in [1.165, 1.54) is 6.20 Å². The largest absolute Gasteiger partial charge is 0.393 e. The van der Waals surface area contributed by atoms with E-state index in [2.05, 4.69) is 36.1 Å². The van der Waals surface area contributed by atoms with Crippen molar-refractivity contribution < 1.29 is 9.90 Å². The fraction of sp³-hybridized carbons (Fsp3) is 0.688. The number of hydrogen-bond donors (Lipinski definition) is 3. The minimum Gasteiger partial charge on any atom is -0.393 e. The summed E-state index contributed by atoms with van der Waals surface area (Å²) in [6.07, 6.45) is 5.43. The Morgan fingerprint density at radius 2 is 2.18 bits per heavy atom. The number of rotatable bonds is 4. The van der Waals surface area contributed by atoms with Crippen LogP contribution in [-0.2, 0) is 6.42 Å². The molecule has 0 saturated heterocycles. The summed E-state index contributed by atoms with van der Waals surface area (Å²) in [4.78, 5) is 20.2. The maximum atomic E-state index is 11.5. The molecule has 1 aromatic heterocycles. The van der Waals surface area contributed by atoms with Crippen LogP contribution in [0.15, 0.2) is 6.20 Å². The van der Waals surface area contributed by atoms with Crippen LogP contribution in [0.25, 0.3) is 0 Å². The molecule has 122 valence electrons. The molecule has 22 heavy (non-hydrogen) atoms. The minimum atomic E-state index is -0.501. The molecule has 1 aliphatic carbocycles. The molecule has 0 radical (unpaired) electrons.